The van der Waals surface area contributed by atoms with Crippen LogP contribution < -0.4 is 0 Å². The van der Waals surface area contributed by atoms with Crippen molar-refractivity contribution in [3.8, 4) is 0 Å². The van der Waals surface area contributed by atoms with Gasteiger partial charge in [0.05, 0.1) is 18.6 Å². The fourth-order valence-electron chi connectivity index (χ4n) is 5.52. The van der Waals surface area contributed by atoms with E-state index in [1.54, 1.807) is 36.6 Å². The van der Waals surface area contributed by atoms with E-state index in [0.717, 1.165) is 42.9 Å². The maximum Gasteiger partial charge on any atom is 0.354 e. The van der Waals surface area contributed by atoms with E-state index in [0.29, 0.717) is 29.1 Å². The van der Waals surface area contributed by atoms with Gasteiger partial charge in [0.2, 0.25) is 10.0 Å². The van der Waals surface area contributed by atoms with Crippen LogP contribution in [0.4, 0.5) is 0 Å². The number of rotatable bonds is 8. The molecule has 1 aliphatic carbocycles. The van der Waals surface area contributed by atoms with Gasteiger partial charge in [0.1, 0.15) is 5.69 Å². The summed E-state index contributed by atoms with van der Waals surface area (Å²) in [4.78, 5) is 26.4. The minimum Gasteiger partial charge on any atom is -0.464 e. The molecular weight excluding hydrogens is 476 g/mol. The number of sulfonamides is 1. The minimum atomic E-state index is -3.94. The molecule has 36 heavy (non-hydrogen) atoms. The molecule has 3 aromatic rings. The number of hydrogen-bond donors (Lipinski definition) is 0. The molecular formula is C28H34N2O5S. The summed E-state index contributed by atoms with van der Waals surface area (Å²) in [5.74, 6) is -0.818. The van der Waals surface area contributed by atoms with Crippen molar-refractivity contribution >= 4 is 32.5 Å². The van der Waals surface area contributed by atoms with Crippen LogP contribution in [0.1, 0.15) is 71.1 Å². The second kappa shape index (κ2) is 10.6. The number of aromatic nitrogens is 1. The summed E-state index contributed by atoms with van der Waals surface area (Å²) in [6.45, 7) is 5.63. The Balaban J connectivity index is 1.76. The van der Waals surface area contributed by atoms with E-state index in [1.807, 2.05) is 31.2 Å². The number of nitrogens with zero attached hydrogens (tertiary/aromatic N) is 2. The summed E-state index contributed by atoms with van der Waals surface area (Å²) in [5, 5.41) is 1.79. The molecule has 0 spiro atoms. The van der Waals surface area contributed by atoms with Gasteiger partial charge >= 0.3 is 5.97 Å². The quantitative estimate of drug-likeness (QED) is 0.304. The maximum atomic E-state index is 14.0. The summed E-state index contributed by atoms with van der Waals surface area (Å²) in [6, 6.07) is 12.5. The number of hydrogen-bond acceptors (Lipinski definition) is 5. The molecule has 0 N–H and O–H groups in total. The highest BCUT2D eigenvalue weighted by Crippen LogP contribution is 2.31. The van der Waals surface area contributed by atoms with Crippen LogP contribution in [0.2, 0.25) is 0 Å². The van der Waals surface area contributed by atoms with Gasteiger partial charge in [-0.15, -0.1) is 0 Å². The Labute approximate surface area is 213 Å². The van der Waals surface area contributed by atoms with Crippen molar-refractivity contribution in [2.24, 2.45) is 0 Å². The number of carbonyl (C=O) groups is 2. The summed E-state index contributed by atoms with van der Waals surface area (Å²) >= 11 is 0. The van der Waals surface area contributed by atoms with Gasteiger partial charge in [-0.05, 0) is 62.1 Å². The van der Waals surface area contributed by atoms with Crippen LogP contribution in [0.25, 0.3) is 10.8 Å². The minimum absolute atomic E-state index is 0.189. The summed E-state index contributed by atoms with van der Waals surface area (Å²) in [5.41, 5.74) is 1.90. The highest BCUT2D eigenvalue weighted by atomic mass is 32.2. The zero-order valence-corrected chi connectivity index (χ0v) is 22.2. The van der Waals surface area contributed by atoms with Gasteiger partial charge in [-0.3, -0.25) is 4.79 Å². The van der Waals surface area contributed by atoms with Gasteiger partial charge in [-0.25, -0.2) is 13.2 Å². The number of carbonyl (C=O) groups excluding carboxylic acids is 2. The number of esters is 1. The van der Waals surface area contributed by atoms with Crippen molar-refractivity contribution in [1.82, 2.24) is 8.87 Å². The Hall–Kier alpha value is -2.97. The van der Waals surface area contributed by atoms with Crippen molar-refractivity contribution in [3.63, 3.8) is 0 Å². The number of Topliss-reactive ketones (excluding diaryl/α,β-unsaturated/α-hetero) is 1. The zero-order valence-electron chi connectivity index (χ0n) is 21.4. The zero-order chi connectivity index (χ0) is 26.0. The molecule has 0 aliphatic heterocycles. The van der Waals surface area contributed by atoms with E-state index >= 15 is 0 Å². The van der Waals surface area contributed by atoms with Crippen LogP contribution in [-0.4, -0.2) is 48.7 Å². The van der Waals surface area contributed by atoms with Gasteiger partial charge in [0, 0.05) is 23.8 Å². The molecule has 1 aromatic heterocycles. The van der Waals surface area contributed by atoms with E-state index in [1.165, 1.54) is 11.4 Å². The summed E-state index contributed by atoms with van der Waals surface area (Å²) in [7, 11) is -2.62. The molecule has 0 unspecified atom stereocenters. The molecule has 0 atom stereocenters. The van der Waals surface area contributed by atoms with Crippen LogP contribution >= 0.6 is 0 Å². The summed E-state index contributed by atoms with van der Waals surface area (Å²) < 4.78 is 36.1. The number of benzene rings is 2. The molecule has 2 aromatic carbocycles. The predicted octanol–water partition coefficient (Wildman–Crippen LogP) is 5.27. The topological polar surface area (TPSA) is 85.7 Å². The third-order valence-corrected chi connectivity index (χ3v) is 9.24. The van der Waals surface area contributed by atoms with Gasteiger partial charge in [0.25, 0.3) is 0 Å². The molecule has 0 saturated heterocycles. The van der Waals surface area contributed by atoms with Gasteiger partial charge in [-0.2, -0.15) is 4.31 Å². The molecule has 1 aliphatic rings. The Morgan fingerprint density at radius 1 is 1.03 bits per heavy atom. The first-order chi connectivity index (χ1) is 17.2. The Bertz CT molecular complexity index is 1400. The van der Waals surface area contributed by atoms with Crippen LogP contribution in [0, 0.1) is 13.8 Å². The lowest BCUT2D eigenvalue weighted by Crippen LogP contribution is -2.44. The van der Waals surface area contributed by atoms with Crippen molar-refractivity contribution < 1.29 is 22.7 Å². The molecule has 0 radical (unpaired) electrons. The highest BCUT2D eigenvalue weighted by Gasteiger charge is 2.36. The average molecular weight is 511 g/mol. The molecule has 192 valence electrons. The lowest BCUT2D eigenvalue weighted by molar-refractivity contribution is 0.0587. The third-order valence-electron chi connectivity index (χ3n) is 7.35. The first-order valence-electron chi connectivity index (χ1n) is 12.5. The second-order valence-corrected chi connectivity index (χ2v) is 11.3. The SMILES string of the molecule is CCn1c(C)c(C(=O)CN(C2CCCCC2)S(=O)(=O)c2ccc3ccccc3c2)c(C)c1C(=O)OC. The Kier molecular flexibility index (Phi) is 7.66. The van der Waals surface area contributed by atoms with Crippen molar-refractivity contribution in [1.29, 1.82) is 0 Å². The predicted molar refractivity (Wildman–Crippen MR) is 140 cm³/mol. The van der Waals surface area contributed by atoms with E-state index in [4.69, 9.17) is 4.74 Å². The van der Waals surface area contributed by atoms with E-state index < -0.39 is 16.0 Å². The standard InChI is InChI=1S/C28H34N2O5S/c1-5-29-20(3)26(19(2)27(29)28(32)35-4)25(31)18-30(23-13-7-6-8-14-23)36(33,34)24-16-15-21-11-9-10-12-22(21)17-24/h9-12,15-17,23H,5-8,13-14,18H2,1-4H3. The smallest absolute Gasteiger partial charge is 0.354 e. The number of ether oxygens (including phenoxy) is 1. The number of methoxy groups -OCH3 is 1. The lowest BCUT2D eigenvalue weighted by atomic mass is 9.95. The Morgan fingerprint density at radius 3 is 2.33 bits per heavy atom. The number of ketones is 1. The monoisotopic (exact) mass is 510 g/mol. The second-order valence-electron chi connectivity index (χ2n) is 9.44. The molecule has 7 nitrogen and oxygen atoms in total. The molecule has 8 heteroatoms. The highest BCUT2D eigenvalue weighted by molar-refractivity contribution is 7.89. The van der Waals surface area contributed by atoms with Crippen LogP contribution in [0.3, 0.4) is 0 Å². The van der Waals surface area contributed by atoms with Crippen LogP contribution in [0.5, 0.6) is 0 Å². The fourth-order valence-corrected chi connectivity index (χ4v) is 7.20. The van der Waals surface area contributed by atoms with E-state index in [2.05, 4.69) is 0 Å². The average Bonchev–Trinajstić information content (AvgIpc) is 3.15. The van der Waals surface area contributed by atoms with E-state index in [9.17, 15) is 18.0 Å². The summed E-state index contributed by atoms with van der Waals surface area (Å²) in [6.07, 6.45) is 4.37. The Morgan fingerprint density at radius 2 is 1.69 bits per heavy atom. The maximum absolute atomic E-state index is 14.0. The molecule has 1 heterocycles. The van der Waals surface area contributed by atoms with Crippen LogP contribution in [0.15, 0.2) is 47.4 Å². The fraction of sp³-hybridized carbons (Fsp3) is 0.429. The van der Waals surface area contributed by atoms with Gasteiger partial charge < -0.3 is 9.30 Å². The van der Waals surface area contributed by atoms with Crippen molar-refractivity contribution in [3.05, 3.63) is 65.0 Å². The largest absolute Gasteiger partial charge is 0.464 e. The molecule has 0 bridgehead atoms. The first kappa shape index (κ1) is 26.1. The normalized spacial score (nSPS) is 14.9. The van der Waals surface area contributed by atoms with Crippen molar-refractivity contribution in [2.45, 2.75) is 70.4 Å². The molecule has 4 rings (SSSR count). The van der Waals surface area contributed by atoms with E-state index in [-0.39, 0.29) is 23.3 Å². The molecule has 1 fully saturated rings. The third kappa shape index (κ3) is 4.72. The van der Waals surface area contributed by atoms with Gasteiger partial charge in [-0.1, -0.05) is 49.6 Å². The van der Waals surface area contributed by atoms with Gasteiger partial charge in [0.15, 0.2) is 5.78 Å². The molecule has 1 saturated carbocycles. The molecule has 0 amide bonds. The van der Waals surface area contributed by atoms with Crippen molar-refractivity contribution in [2.75, 3.05) is 13.7 Å². The van der Waals surface area contributed by atoms with Crippen LogP contribution in [-0.2, 0) is 21.3 Å². The lowest BCUT2D eigenvalue weighted by Gasteiger charge is -2.33. The number of fused-ring (bicyclic) bond motifs is 1. The first-order valence-corrected chi connectivity index (χ1v) is 14.0.